The molecule has 5 fully saturated rings. The Labute approximate surface area is 157 Å². The average molecular weight is 362 g/mol. The molecule has 3 heterocycles. The third kappa shape index (κ3) is 2.61. The van der Waals surface area contributed by atoms with Crippen molar-refractivity contribution in [2.75, 3.05) is 40.0 Å². The number of likely N-dealkylation sites (tertiary alicyclic amines) is 1. The molecule has 0 bridgehead atoms. The standard InChI is InChI=1S/C21H35N3O2/c1-22-19(24-11-4-7-20(14-24)8-5-12-25-15-20)23-17-16-6-13-26-18(16)21(17)9-2-3-10-21/h16-18H,2-15H2,1H3,(H,22,23). The van der Waals surface area contributed by atoms with E-state index in [1.54, 1.807) is 0 Å². The van der Waals surface area contributed by atoms with Gasteiger partial charge in [0.2, 0.25) is 0 Å². The molecule has 2 aliphatic carbocycles. The molecule has 1 N–H and O–H groups in total. The van der Waals surface area contributed by atoms with Gasteiger partial charge < -0.3 is 19.7 Å². The highest BCUT2D eigenvalue weighted by Gasteiger charge is 2.65. The van der Waals surface area contributed by atoms with Gasteiger partial charge in [-0.1, -0.05) is 12.8 Å². The summed E-state index contributed by atoms with van der Waals surface area (Å²) >= 11 is 0. The summed E-state index contributed by atoms with van der Waals surface area (Å²) in [5, 5.41) is 3.95. The number of aliphatic imine (C=N–C) groups is 1. The number of ether oxygens (including phenoxy) is 2. The summed E-state index contributed by atoms with van der Waals surface area (Å²) < 4.78 is 12.0. The van der Waals surface area contributed by atoms with Crippen LogP contribution in [0.5, 0.6) is 0 Å². The van der Waals surface area contributed by atoms with Gasteiger partial charge in [-0.25, -0.2) is 0 Å². The van der Waals surface area contributed by atoms with Crippen molar-refractivity contribution in [3.63, 3.8) is 0 Å². The van der Waals surface area contributed by atoms with E-state index in [1.165, 1.54) is 57.8 Å². The van der Waals surface area contributed by atoms with Crippen molar-refractivity contribution < 1.29 is 9.47 Å². The average Bonchev–Trinajstić information content (AvgIpc) is 3.32. The lowest BCUT2D eigenvalue weighted by molar-refractivity contribution is -0.125. The predicted octanol–water partition coefficient (Wildman–Crippen LogP) is 2.80. The molecule has 146 valence electrons. The maximum absolute atomic E-state index is 6.16. The van der Waals surface area contributed by atoms with E-state index >= 15 is 0 Å². The molecule has 3 saturated heterocycles. The van der Waals surface area contributed by atoms with E-state index < -0.39 is 0 Å². The summed E-state index contributed by atoms with van der Waals surface area (Å²) in [6.07, 6.45) is 12.2. The Bertz CT molecular complexity index is 546. The third-order valence-corrected chi connectivity index (χ3v) is 8.15. The molecule has 0 aromatic rings. The molecule has 4 atom stereocenters. The second-order valence-electron chi connectivity index (χ2n) is 9.53. The largest absolute Gasteiger partial charge is 0.381 e. The van der Waals surface area contributed by atoms with Gasteiger partial charge in [-0.2, -0.15) is 0 Å². The Morgan fingerprint density at radius 1 is 1.08 bits per heavy atom. The number of guanidine groups is 1. The van der Waals surface area contributed by atoms with Gasteiger partial charge in [0, 0.05) is 56.1 Å². The highest BCUT2D eigenvalue weighted by molar-refractivity contribution is 5.80. The Morgan fingerprint density at radius 2 is 1.92 bits per heavy atom. The molecule has 0 radical (unpaired) electrons. The van der Waals surface area contributed by atoms with Crippen LogP contribution in [0.4, 0.5) is 0 Å². The first kappa shape index (κ1) is 17.3. The normalized spacial score (nSPS) is 42.1. The number of rotatable bonds is 1. The van der Waals surface area contributed by atoms with Gasteiger partial charge >= 0.3 is 0 Å². The maximum atomic E-state index is 6.16. The molecule has 5 aliphatic rings. The Hall–Kier alpha value is -0.810. The van der Waals surface area contributed by atoms with E-state index in [1.807, 2.05) is 7.05 Å². The number of hydrogen-bond donors (Lipinski definition) is 1. The molecule has 2 spiro atoms. The van der Waals surface area contributed by atoms with E-state index in [0.717, 1.165) is 38.9 Å². The lowest BCUT2D eigenvalue weighted by Gasteiger charge is -2.58. The minimum absolute atomic E-state index is 0.359. The summed E-state index contributed by atoms with van der Waals surface area (Å²) in [4.78, 5) is 7.26. The lowest BCUT2D eigenvalue weighted by Crippen LogP contribution is -2.70. The van der Waals surface area contributed by atoms with Crippen molar-refractivity contribution >= 4 is 5.96 Å². The summed E-state index contributed by atoms with van der Waals surface area (Å²) in [5.74, 6) is 1.83. The van der Waals surface area contributed by atoms with Gasteiger partial charge in [-0.15, -0.1) is 0 Å². The summed E-state index contributed by atoms with van der Waals surface area (Å²) in [5.41, 5.74) is 0.746. The number of hydrogen-bond acceptors (Lipinski definition) is 3. The highest BCUT2D eigenvalue weighted by atomic mass is 16.5. The Balaban J connectivity index is 1.31. The molecule has 5 heteroatoms. The third-order valence-electron chi connectivity index (χ3n) is 8.15. The van der Waals surface area contributed by atoms with Crippen LogP contribution < -0.4 is 5.32 Å². The van der Waals surface area contributed by atoms with Crippen LogP contribution in [0, 0.1) is 16.7 Å². The van der Waals surface area contributed by atoms with Gasteiger partial charge in [0.25, 0.3) is 0 Å². The van der Waals surface area contributed by atoms with Crippen LogP contribution in [0.3, 0.4) is 0 Å². The van der Waals surface area contributed by atoms with E-state index in [2.05, 4.69) is 10.2 Å². The first-order chi connectivity index (χ1) is 12.8. The SMILES string of the molecule is CN=C(NC1C2CCOC2C12CCCC2)N1CCCC2(CCCOC2)C1. The number of piperidine rings is 1. The van der Waals surface area contributed by atoms with Crippen molar-refractivity contribution in [2.24, 2.45) is 21.7 Å². The summed E-state index contributed by atoms with van der Waals surface area (Å²) in [6, 6.07) is 0.566. The second-order valence-corrected chi connectivity index (χ2v) is 9.53. The van der Waals surface area contributed by atoms with Crippen molar-refractivity contribution in [3.8, 4) is 0 Å². The fraction of sp³-hybridized carbons (Fsp3) is 0.952. The van der Waals surface area contributed by atoms with Crippen LogP contribution in [0.1, 0.15) is 57.8 Å². The van der Waals surface area contributed by atoms with Crippen LogP contribution in [0.25, 0.3) is 0 Å². The molecule has 0 aromatic carbocycles. The van der Waals surface area contributed by atoms with Gasteiger partial charge in [0.1, 0.15) is 0 Å². The highest BCUT2D eigenvalue weighted by Crippen LogP contribution is 2.60. The fourth-order valence-electron chi connectivity index (χ4n) is 6.96. The van der Waals surface area contributed by atoms with Gasteiger partial charge in [0.05, 0.1) is 12.7 Å². The first-order valence-electron chi connectivity index (χ1n) is 10.9. The van der Waals surface area contributed by atoms with Crippen LogP contribution >= 0.6 is 0 Å². The first-order valence-corrected chi connectivity index (χ1v) is 10.9. The minimum atomic E-state index is 0.359. The van der Waals surface area contributed by atoms with Crippen LogP contribution in [0.15, 0.2) is 4.99 Å². The van der Waals surface area contributed by atoms with Crippen LogP contribution in [-0.4, -0.2) is 63.0 Å². The smallest absolute Gasteiger partial charge is 0.193 e. The fourth-order valence-corrected chi connectivity index (χ4v) is 6.96. The zero-order chi connectivity index (χ0) is 17.6. The quantitative estimate of drug-likeness (QED) is 0.576. The lowest BCUT2D eigenvalue weighted by atomic mass is 9.54. The molecular formula is C21H35N3O2. The number of nitrogens with one attached hydrogen (secondary N) is 1. The second kappa shape index (κ2) is 6.66. The monoisotopic (exact) mass is 361 g/mol. The molecule has 4 unspecified atom stereocenters. The molecular weight excluding hydrogens is 326 g/mol. The molecule has 26 heavy (non-hydrogen) atoms. The van der Waals surface area contributed by atoms with Crippen molar-refractivity contribution in [3.05, 3.63) is 0 Å². The molecule has 2 saturated carbocycles. The van der Waals surface area contributed by atoms with E-state index in [0.29, 0.717) is 28.9 Å². The van der Waals surface area contributed by atoms with Crippen molar-refractivity contribution in [1.29, 1.82) is 0 Å². The zero-order valence-electron chi connectivity index (χ0n) is 16.3. The molecule has 0 aromatic heterocycles. The molecule has 5 rings (SSSR count). The van der Waals surface area contributed by atoms with E-state index in [9.17, 15) is 0 Å². The van der Waals surface area contributed by atoms with Gasteiger partial charge in [0.15, 0.2) is 5.96 Å². The topological polar surface area (TPSA) is 46.1 Å². The van der Waals surface area contributed by atoms with Crippen molar-refractivity contribution in [2.45, 2.75) is 69.9 Å². The number of nitrogens with zero attached hydrogens (tertiary/aromatic N) is 2. The van der Waals surface area contributed by atoms with Gasteiger partial charge in [-0.3, -0.25) is 4.99 Å². The van der Waals surface area contributed by atoms with Crippen molar-refractivity contribution in [1.82, 2.24) is 10.2 Å². The van der Waals surface area contributed by atoms with Crippen LogP contribution in [-0.2, 0) is 9.47 Å². The Morgan fingerprint density at radius 3 is 2.69 bits per heavy atom. The summed E-state index contributed by atoms with van der Waals surface area (Å²) in [7, 11) is 1.96. The van der Waals surface area contributed by atoms with Gasteiger partial charge in [-0.05, 0) is 44.9 Å². The Kier molecular flexibility index (Phi) is 4.43. The zero-order valence-corrected chi connectivity index (χ0v) is 16.3. The molecule has 3 aliphatic heterocycles. The maximum Gasteiger partial charge on any atom is 0.193 e. The predicted molar refractivity (Wildman–Crippen MR) is 102 cm³/mol. The molecule has 0 amide bonds. The summed E-state index contributed by atoms with van der Waals surface area (Å²) in [6.45, 7) is 5.08. The van der Waals surface area contributed by atoms with E-state index in [-0.39, 0.29) is 0 Å². The molecule has 5 nitrogen and oxygen atoms in total. The number of fused-ring (bicyclic) bond motifs is 2. The minimum Gasteiger partial charge on any atom is -0.381 e. The van der Waals surface area contributed by atoms with Crippen LogP contribution in [0.2, 0.25) is 0 Å². The van der Waals surface area contributed by atoms with E-state index in [4.69, 9.17) is 14.5 Å².